The fourth-order valence-corrected chi connectivity index (χ4v) is 1.97. The average Bonchev–Trinajstić information content (AvgIpc) is 2.54. The van der Waals surface area contributed by atoms with E-state index in [1.54, 1.807) is 6.07 Å². The Bertz CT molecular complexity index is 657. The van der Waals surface area contributed by atoms with E-state index in [1.807, 2.05) is 24.3 Å². The van der Waals surface area contributed by atoms with Gasteiger partial charge in [-0.05, 0) is 24.3 Å². The van der Waals surface area contributed by atoms with E-state index in [1.165, 1.54) is 16.6 Å². The molecule has 15 heavy (non-hydrogen) atoms. The number of nitrogens with zero attached hydrogens (tertiary/aromatic N) is 1. The summed E-state index contributed by atoms with van der Waals surface area (Å²) in [6, 6.07) is 12.4. The summed E-state index contributed by atoms with van der Waals surface area (Å²) in [5.74, 6) is -0.267. The molecule has 0 N–H and O–H groups in total. The van der Waals surface area contributed by atoms with Crippen LogP contribution in [0.2, 0.25) is 0 Å². The largest absolute Gasteiger partial charge is 0.397 e. The SMILES string of the molecule is [B]n1c2ccccc2c2ccc(F)cc21. The first kappa shape index (κ1) is 8.54. The predicted molar refractivity (Wildman–Crippen MR) is 60.6 cm³/mol. The maximum atomic E-state index is 13.1. The quantitative estimate of drug-likeness (QED) is 0.486. The number of aromatic nitrogens is 1. The van der Waals surface area contributed by atoms with Crippen molar-refractivity contribution in [1.82, 2.24) is 4.48 Å². The predicted octanol–water partition coefficient (Wildman–Crippen LogP) is 2.87. The maximum Gasteiger partial charge on any atom is 0.234 e. The maximum absolute atomic E-state index is 13.1. The Morgan fingerprint density at radius 3 is 2.53 bits per heavy atom. The molecule has 0 saturated heterocycles. The Balaban J connectivity index is 2.63. The topological polar surface area (TPSA) is 4.93 Å². The molecular formula is C12H7BFN. The molecule has 0 bridgehead atoms. The summed E-state index contributed by atoms with van der Waals surface area (Å²) in [5, 5.41) is 2.03. The van der Waals surface area contributed by atoms with Gasteiger partial charge in [0.1, 0.15) is 5.82 Å². The fraction of sp³-hybridized carbons (Fsp3) is 0. The highest BCUT2D eigenvalue weighted by Crippen LogP contribution is 2.27. The van der Waals surface area contributed by atoms with Crippen molar-refractivity contribution in [3.05, 3.63) is 48.3 Å². The van der Waals surface area contributed by atoms with E-state index in [2.05, 4.69) is 0 Å². The highest BCUT2D eigenvalue weighted by atomic mass is 19.1. The van der Waals surface area contributed by atoms with E-state index in [-0.39, 0.29) is 5.82 Å². The van der Waals surface area contributed by atoms with Crippen LogP contribution in [0.25, 0.3) is 21.8 Å². The molecule has 3 rings (SSSR count). The van der Waals surface area contributed by atoms with E-state index >= 15 is 0 Å². The molecule has 1 aromatic heterocycles. The van der Waals surface area contributed by atoms with Crippen LogP contribution in [0.3, 0.4) is 0 Å². The number of benzene rings is 2. The molecule has 0 spiro atoms. The molecule has 3 aromatic rings. The smallest absolute Gasteiger partial charge is 0.234 e. The first-order valence-electron chi connectivity index (χ1n) is 4.71. The number of hydrogen-bond donors (Lipinski definition) is 0. The molecule has 0 aliphatic rings. The Kier molecular flexibility index (Phi) is 1.63. The number of halogens is 1. The van der Waals surface area contributed by atoms with Gasteiger partial charge in [0, 0.05) is 21.8 Å². The van der Waals surface area contributed by atoms with Crippen molar-refractivity contribution in [1.29, 1.82) is 0 Å². The first-order valence-corrected chi connectivity index (χ1v) is 4.71. The molecular weight excluding hydrogens is 188 g/mol. The molecule has 0 atom stereocenters. The fourth-order valence-electron chi connectivity index (χ4n) is 1.97. The van der Waals surface area contributed by atoms with Gasteiger partial charge in [0.2, 0.25) is 7.98 Å². The highest BCUT2D eigenvalue weighted by Gasteiger charge is 2.06. The average molecular weight is 195 g/mol. The monoisotopic (exact) mass is 195 g/mol. The van der Waals surface area contributed by atoms with Gasteiger partial charge in [-0.2, -0.15) is 0 Å². The van der Waals surface area contributed by atoms with Crippen LogP contribution in [0.5, 0.6) is 0 Å². The molecule has 0 unspecified atom stereocenters. The molecule has 0 fully saturated rings. The van der Waals surface area contributed by atoms with Crippen LogP contribution in [-0.4, -0.2) is 12.5 Å². The lowest BCUT2D eigenvalue weighted by atomic mass is 10.1. The van der Waals surface area contributed by atoms with Crippen LogP contribution >= 0.6 is 0 Å². The molecule has 3 heteroatoms. The van der Waals surface area contributed by atoms with Crippen molar-refractivity contribution < 1.29 is 4.39 Å². The van der Waals surface area contributed by atoms with Gasteiger partial charge >= 0.3 is 0 Å². The molecule has 1 heterocycles. The third-order valence-electron chi connectivity index (χ3n) is 2.67. The zero-order valence-electron chi connectivity index (χ0n) is 7.94. The van der Waals surface area contributed by atoms with Gasteiger partial charge in [-0.15, -0.1) is 0 Å². The van der Waals surface area contributed by atoms with Gasteiger partial charge in [0.05, 0.1) is 0 Å². The molecule has 1 nitrogen and oxygen atoms in total. The van der Waals surface area contributed by atoms with Crippen LogP contribution in [0.1, 0.15) is 0 Å². The van der Waals surface area contributed by atoms with Crippen molar-refractivity contribution in [3.63, 3.8) is 0 Å². The summed E-state index contributed by atoms with van der Waals surface area (Å²) in [6.45, 7) is 0. The zero-order valence-corrected chi connectivity index (χ0v) is 7.94. The summed E-state index contributed by atoms with van der Waals surface area (Å²) in [5.41, 5.74) is 1.63. The number of hydrogen-bond acceptors (Lipinski definition) is 0. The summed E-state index contributed by atoms with van der Waals surface area (Å²) < 4.78 is 14.6. The van der Waals surface area contributed by atoms with Crippen molar-refractivity contribution in [2.24, 2.45) is 0 Å². The lowest BCUT2D eigenvalue weighted by molar-refractivity contribution is 0.629. The minimum absolute atomic E-state index is 0.267. The Morgan fingerprint density at radius 2 is 1.67 bits per heavy atom. The number of rotatable bonds is 0. The van der Waals surface area contributed by atoms with Gasteiger partial charge < -0.3 is 4.48 Å². The van der Waals surface area contributed by atoms with E-state index in [9.17, 15) is 4.39 Å². The van der Waals surface area contributed by atoms with Crippen molar-refractivity contribution in [3.8, 4) is 0 Å². The first-order chi connectivity index (χ1) is 7.27. The second kappa shape index (κ2) is 2.86. The minimum atomic E-state index is -0.267. The zero-order chi connectivity index (χ0) is 10.4. The van der Waals surface area contributed by atoms with Crippen molar-refractivity contribution in [2.75, 3.05) is 0 Å². The summed E-state index contributed by atoms with van der Waals surface area (Å²) in [7, 11) is 5.89. The standard InChI is InChI=1S/C12H7BFN/c13-15-11-4-2-1-3-9(11)10-6-5-8(14)7-12(10)15/h1-7H. The van der Waals surface area contributed by atoms with Crippen molar-refractivity contribution in [2.45, 2.75) is 0 Å². The second-order valence-corrected chi connectivity index (χ2v) is 3.55. The number of fused-ring (bicyclic) bond motifs is 3. The van der Waals surface area contributed by atoms with Gasteiger partial charge in [0.25, 0.3) is 0 Å². The molecule has 0 aliphatic heterocycles. The minimum Gasteiger partial charge on any atom is -0.397 e. The van der Waals surface area contributed by atoms with Crippen LogP contribution in [0.15, 0.2) is 42.5 Å². The lowest BCUT2D eigenvalue weighted by Crippen LogP contribution is -1.89. The van der Waals surface area contributed by atoms with E-state index in [0.717, 1.165) is 21.8 Å². The highest BCUT2D eigenvalue weighted by molar-refractivity contribution is 6.21. The second-order valence-electron chi connectivity index (χ2n) is 3.55. The molecule has 2 aromatic carbocycles. The molecule has 0 saturated carbocycles. The third-order valence-corrected chi connectivity index (χ3v) is 2.67. The molecule has 2 radical (unpaired) electrons. The Hall–Kier alpha value is -1.77. The Morgan fingerprint density at radius 1 is 0.933 bits per heavy atom. The molecule has 0 aliphatic carbocycles. The van der Waals surface area contributed by atoms with Gasteiger partial charge in [-0.25, -0.2) is 4.39 Å². The van der Waals surface area contributed by atoms with Crippen LogP contribution in [0.4, 0.5) is 4.39 Å². The normalized spacial score (nSPS) is 11.3. The lowest BCUT2D eigenvalue weighted by Gasteiger charge is -1.97. The Labute approximate surface area is 87.6 Å². The van der Waals surface area contributed by atoms with E-state index < -0.39 is 0 Å². The summed E-state index contributed by atoms with van der Waals surface area (Å²) in [6.07, 6.45) is 0. The van der Waals surface area contributed by atoms with Crippen LogP contribution in [0, 0.1) is 5.82 Å². The summed E-state index contributed by atoms with van der Waals surface area (Å²) >= 11 is 0. The van der Waals surface area contributed by atoms with Gasteiger partial charge in [0.15, 0.2) is 0 Å². The van der Waals surface area contributed by atoms with Crippen LogP contribution in [-0.2, 0) is 0 Å². The summed E-state index contributed by atoms with van der Waals surface area (Å²) in [4.78, 5) is 0. The van der Waals surface area contributed by atoms with Gasteiger partial charge in [-0.1, -0.05) is 18.2 Å². The number of para-hydroxylation sites is 1. The van der Waals surface area contributed by atoms with E-state index in [4.69, 9.17) is 7.98 Å². The van der Waals surface area contributed by atoms with Gasteiger partial charge in [-0.3, -0.25) is 0 Å². The van der Waals surface area contributed by atoms with Crippen LogP contribution < -0.4 is 0 Å². The van der Waals surface area contributed by atoms with E-state index in [0.29, 0.717) is 0 Å². The van der Waals surface area contributed by atoms with Crippen molar-refractivity contribution >= 4 is 29.8 Å². The molecule has 70 valence electrons. The molecule has 0 amide bonds. The third kappa shape index (κ3) is 1.09.